The number of benzene rings is 1. The Hall–Kier alpha value is -1.03. The quantitative estimate of drug-likeness (QED) is 0.753. The van der Waals surface area contributed by atoms with Gasteiger partial charge in [-0.25, -0.2) is 8.42 Å². The van der Waals surface area contributed by atoms with Gasteiger partial charge in [-0.15, -0.1) is 3.89 Å². The first-order valence-electron chi connectivity index (χ1n) is 6.34. The first-order chi connectivity index (χ1) is 9.71. The van der Waals surface area contributed by atoms with Gasteiger partial charge in [-0.2, -0.15) is 12.7 Å². The molecule has 1 atom stereocenters. The van der Waals surface area contributed by atoms with Crippen LogP contribution in [0.1, 0.15) is 12.8 Å². The van der Waals surface area contributed by atoms with Gasteiger partial charge in [-0.3, -0.25) is 0 Å². The highest BCUT2D eigenvalue weighted by Gasteiger charge is 2.26. The zero-order valence-corrected chi connectivity index (χ0v) is 13.0. The fraction of sp³-hybridized carbons (Fsp3) is 0.500. The smallest absolute Gasteiger partial charge is 0.332 e. The molecule has 1 heterocycles. The van der Waals surface area contributed by atoms with Crippen LogP contribution in [0.15, 0.2) is 34.1 Å². The highest BCUT2D eigenvalue weighted by molar-refractivity contribution is 7.89. The molecule has 0 aliphatic carbocycles. The number of likely N-dealkylation sites (N-methyl/N-ethyl adjacent to an activating group) is 1. The van der Waals surface area contributed by atoms with Crippen molar-refractivity contribution >= 4 is 20.2 Å². The molecule has 0 N–H and O–H groups in total. The summed E-state index contributed by atoms with van der Waals surface area (Å²) in [6.07, 6.45) is 1.58. The number of hydrogen-bond donors (Lipinski definition) is 0. The Morgan fingerprint density at radius 3 is 2.24 bits per heavy atom. The van der Waals surface area contributed by atoms with E-state index in [4.69, 9.17) is 4.74 Å². The molecular weight excluding hydrogens is 321 g/mol. The van der Waals surface area contributed by atoms with E-state index in [-0.39, 0.29) is 17.5 Å². The van der Waals surface area contributed by atoms with Crippen molar-refractivity contribution in [3.05, 3.63) is 24.3 Å². The number of halogens is 1. The molecule has 1 aromatic carbocycles. The number of nitrogens with zero attached hydrogens (tertiary/aromatic N) is 1. The Balaban J connectivity index is 2.18. The first-order valence-corrected chi connectivity index (χ1v) is 9.16. The van der Waals surface area contributed by atoms with E-state index in [1.54, 1.807) is 0 Å². The normalized spacial score (nSPS) is 20.0. The summed E-state index contributed by atoms with van der Waals surface area (Å²) in [5.41, 5.74) is 0. The third-order valence-corrected chi connectivity index (χ3v) is 5.97. The van der Waals surface area contributed by atoms with E-state index >= 15 is 0 Å². The van der Waals surface area contributed by atoms with Gasteiger partial charge < -0.3 is 4.74 Å². The minimum Gasteiger partial charge on any atom is -0.377 e. The largest absolute Gasteiger partial charge is 0.377 e. The Morgan fingerprint density at radius 2 is 1.76 bits per heavy atom. The fourth-order valence-electron chi connectivity index (χ4n) is 2.13. The second-order valence-corrected chi connectivity index (χ2v) is 8.22. The van der Waals surface area contributed by atoms with E-state index in [0.717, 1.165) is 41.4 Å². The van der Waals surface area contributed by atoms with Gasteiger partial charge >= 0.3 is 10.2 Å². The van der Waals surface area contributed by atoms with Crippen molar-refractivity contribution < 1.29 is 25.5 Å². The van der Waals surface area contributed by atoms with Crippen LogP contribution in [0.25, 0.3) is 0 Å². The maximum Gasteiger partial charge on any atom is 0.332 e. The van der Waals surface area contributed by atoms with E-state index < -0.39 is 25.1 Å². The van der Waals surface area contributed by atoms with Crippen LogP contribution < -0.4 is 0 Å². The van der Waals surface area contributed by atoms with Gasteiger partial charge in [0.05, 0.1) is 15.9 Å². The molecule has 0 radical (unpaired) electrons. The molecule has 1 aromatic rings. The molecule has 1 aliphatic heterocycles. The predicted molar refractivity (Wildman–Crippen MR) is 73.5 cm³/mol. The van der Waals surface area contributed by atoms with Gasteiger partial charge in [0, 0.05) is 20.2 Å². The standard InChI is InChI=1S/C12H16FNO5S2/c1-14(9-10-3-2-8-19-10)21(17,18)12-6-4-11(5-7-12)20(13,15)16/h4-7,10H,2-3,8-9H2,1H3. The van der Waals surface area contributed by atoms with Crippen LogP contribution in [-0.2, 0) is 25.0 Å². The molecule has 1 saturated heterocycles. The molecule has 1 aliphatic rings. The zero-order chi connectivity index (χ0) is 15.7. The van der Waals surface area contributed by atoms with Crippen molar-refractivity contribution in [1.29, 1.82) is 0 Å². The summed E-state index contributed by atoms with van der Waals surface area (Å²) in [5, 5.41) is 0. The Bertz CT molecular complexity index is 694. The van der Waals surface area contributed by atoms with Crippen LogP contribution in [0.2, 0.25) is 0 Å². The van der Waals surface area contributed by atoms with Gasteiger partial charge in [0.2, 0.25) is 10.0 Å². The highest BCUT2D eigenvalue weighted by Crippen LogP contribution is 2.21. The van der Waals surface area contributed by atoms with Crippen LogP contribution in [0.5, 0.6) is 0 Å². The summed E-state index contributed by atoms with van der Waals surface area (Å²) in [5.74, 6) is 0. The van der Waals surface area contributed by atoms with E-state index in [1.807, 2.05) is 0 Å². The number of hydrogen-bond acceptors (Lipinski definition) is 5. The van der Waals surface area contributed by atoms with Crippen LogP contribution in [0.3, 0.4) is 0 Å². The summed E-state index contributed by atoms with van der Waals surface area (Å²) in [4.78, 5) is -0.654. The topological polar surface area (TPSA) is 80.8 Å². The molecule has 9 heteroatoms. The van der Waals surface area contributed by atoms with Gasteiger partial charge in [0.25, 0.3) is 0 Å². The van der Waals surface area contributed by atoms with Crippen molar-refractivity contribution in [3.63, 3.8) is 0 Å². The molecule has 0 spiro atoms. The Kier molecular flexibility index (Phi) is 4.66. The Labute approximate surface area is 123 Å². The lowest BCUT2D eigenvalue weighted by atomic mass is 10.2. The van der Waals surface area contributed by atoms with Crippen molar-refractivity contribution in [2.45, 2.75) is 28.7 Å². The molecule has 0 aromatic heterocycles. The maximum absolute atomic E-state index is 12.8. The van der Waals surface area contributed by atoms with E-state index in [1.165, 1.54) is 7.05 Å². The molecule has 21 heavy (non-hydrogen) atoms. The zero-order valence-electron chi connectivity index (χ0n) is 11.4. The fourth-order valence-corrected chi connectivity index (χ4v) is 3.79. The summed E-state index contributed by atoms with van der Waals surface area (Å²) < 4.78 is 65.4. The predicted octanol–water partition coefficient (Wildman–Crippen LogP) is 1.14. The van der Waals surface area contributed by atoms with Crippen molar-refractivity contribution in [2.75, 3.05) is 20.2 Å². The van der Waals surface area contributed by atoms with Crippen molar-refractivity contribution in [2.24, 2.45) is 0 Å². The number of rotatable bonds is 5. The average Bonchev–Trinajstić information content (AvgIpc) is 2.90. The number of ether oxygens (including phenoxy) is 1. The van der Waals surface area contributed by atoms with Crippen molar-refractivity contribution in [1.82, 2.24) is 4.31 Å². The third kappa shape index (κ3) is 3.79. The lowest BCUT2D eigenvalue weighted by Gasteiger charge is -2.20. The van der Waals surface area contributed by atoms with Gasteiger partial charge in [0.1, 0.15) is 0 Å². The van der Waals surface area contributed by atoms with E-state index in [2.05, 4.69) is 0 Å². The van der Waals surface area contributed by atoms with Crippen molar-refractivity contribution in [3.8, 4) is 0 Å². The minimum absolute atomic E-state index is 0.0876. The molecule has 0 bridgehead atoms. The summed E-state index contributed by atoms with van der Waals surface area (Å²) in [7, 11) is -7.16. The second-order valence-electron chi connectivity index (χ2n) is 4.83. The van der Waals surface area contributed by atoms with Crippen LogP contribution in [0, 0.1) is 0 Å². The second kappa shape index (κ2) is 5.99. The SMILES string of the molecule is CN(CC1CCCO1)S(=O)(=O)c1ccc(S(=O)(=O)F)cc1. The van der Waals surface area contributed by atoms with Gasteiger partial charge in [0.15, 0.2) is 0 Å². The molecule has 6 nitrogen and oxygen atoms in total. The molecule has 118 valence electrons. The van der Waals surface area contributed by atoms with Crippen LogP contribution in [-0.4, -0.2) is 47.4 Å². The lowest BCUT2D eigenvalue weighted by molar-refractivity contribution is 0.0979. The lowest BCUT2D eigenvalue weighted by Crippen LogP contribution is -2.34. The maximum atomic E-state index is 12.8. The minimum atomic E-state index is -4.83. The molecule has 1 fully saturated rings. The Morgan fingerprint density at radius 1 is 1.19 bits per heavy atom. The molecule has 2 rings (SSSR count). The van der Waals surface area contributed by atoms with Crippen LogP contribution in [0.4, 0.5) is 3.89 Å². The van der Waals surface area contributed by atoms with Gasteiger partial charge in [-0.05, 0) is 37.1 Å². The number of sulfonamides is 1. The van der Waals surface area contributed by atoms with Crippen LogP contribution >= 0.6 is 0 Å². The summed E-state index contributed by atoms with van der Waals surface area (Å²) in [6, 6.07) is 4.02. The van der Waals surface area contributed by atoms with E-state index in [0.29, 0.717) is 6.61 Å². The monoisotopic (exact) mass is 337 g/mol. The summed E-state index contributed by atoms with van der Waals surface area (Å²) in [6.45, 7) is 0.854. The molecule has 0 amide bonds. The molecule has 1 unspecified atom stereocenters. The van der Waals surface area contributed by atoms with Gasteiger partial charge in [-0.1, -0.05) is 0 Å². The molecule has 0 saturated carbocycles. The van der Waals surface area contributed by atoms with E-state index in [9.17, 15) is 20.7 Å². The summed E-state index contributed by atoms with van der Waals surface area (Å²) >= 11 is 0. The molecular formula is C12H16FNO5S2. The third-order valence-electron chi connectivity index (χ3n) is 3.30. The first kappa shape index (κ1) is 16.3. The average molecular weight is 337 g/mol. The highest BCUT2D eigenvalue weighted by atomic mass is 32.3.